The average molecular weight is 501 g/mol. The van der Waals surface area contributed by atoms with E-state index in [9.17, 15) is 19.1 Å². The van der Waals surface area contributed by atoms with E-state index in [0.717, 1.165) is 24.4 Å². The number of aliphatic carboxylic acids is 1. The molecular formula is C24H26ClFN6O3. The van der Waals surface area contributed by atoms with Crippen molar-refractivity contribution in [1.82, 2.24) is 24.8 Å². The maximum Gasteiger partial charge on any atom is 0.306 e. The molecule has 4 heterocycles. The monoisotopic (exact) mass is 500 g/mol. The zero-order chi connectivity index (χ0) is 24.5. The van der Waals surface area contributed by atoms with Crippen LogP contribution >= 0.6 is 11.6 Å². The first kappa shape index (κ1) is 23.5. The van der Waals surface area contributed by atoms with Gasteiger partial charge in [0.05, 0.1) is 17.1 Å². The van der Waals surface area contributed by atoms with E-state index in [4.69, 9.17) is 11.6 Å². The Balaban J connectivity index is 1.24. The summed E-state index contributed by atoms with van der Waals surface area (Å²) < 4.78 is 14.5. The lowest BCUT2D eigenvalue weighted by Crippen LogP contribution is -2.44. The van der Waals surface area contributed by atoms with E-state index in [1.54, 1.807) is 12.3 Å². The summed E-state index contributed by atoms with van der Waals surface area (Å²) >= 11 is 6.08. The molecule has 3 aromatic heterocycles. The number of carboxylic acids is 1. The molecule has 0 bridgehead atoms. The van der Waals surface area contributed by atoms with Gasteiger partial charge in [-0.15, -0.1) is 0 Å². The van der Waals surface area contributed by atoms with Crippen LogP contribution in [0, 0.1) is 23.6 Å². The van der Waals surface area contributed by atoms with E-state index in [1.807, 2.05) is 4.90 Å². The Morgan fingerprint density at radius 2 is 2.06 bits per heavy atom. The van der Waals surface area contributed by atoms with Crippen LogP contribution in [0.1, 0.15) is 32.1 Å². The molecule has 5 rings (SSSR count). The molecule has 3 N–H and O–H groups in total. The van der Waals surface area contributed by atoms with Gasteiger partial charge >= 0.3 is 5.97 Å². The van der Waals surface area contributed by atoms with Crippen molar-refractivity contribution in [3.63, 3.8) is 0 Å². The molecule has 0 aromatic carbocycles. The number of hydrogen-bond acceptors (Lipinski definition) is 6. The number of carbonyl (C=O) groups excluding carboxylic acids is 1. The van der Waals surface area contributed by atoms with Crippen LogP contribution in [0.5, 0.6) is 0 Å². The Hall–Kier alpha value is -3.27. The minimum atomic E-state index is -0.820. The number of piperidine rings is 1. The third-order valence-electron chi connectivity index (χ3n) is 7.00. The van der Waals surface area contributed by atoms with Gasteiger partial charge in [-0.2, -0.15) is 0 Å². The predicted molar refractivity (Wildman–Crippen MR) is 128 cm³/mol. The maximum absolute atomic E-state index is 14.5. The molecule has 11 heteroatoms. The van der Waals surface area contributed by atoms with Gasteiger partial charge in [0.2, 0.25) is 5.91 Å². The molecule has 1 amide bonds. The standard InChI is InChI=1S/C24H26ClFN6O3/c25-16-7-17-18(10-29-20(17)28-9-16)21-30-11-19(26)22(31-21)27-8-13-2-1-5-32(12-13)23(33)14-3-4-15(6-14)24(34)35/h7,9-11,13-15H,1-6,8,12H2,(H,28,29)(H,34,35)(H,27,30,31)/t13-,14+,15-/m0/s1. The number of anilines is 1. The molecule has 0 spiro atoms. The molecule has 1 saturated carbocycles. The van der Waals surface area contributed by atoms with Crippen molar-refractivity contribution in [2.24, 2.45) is 17.8 Å². The number of nitrogens with one attached hydrogen (secondary N) is 2. The van der Waals surface area contributed by atoms with Crippen LogP contribution < -0.4 is 5.32 Å². The summed E-state index contributed by atoms with van der Waals surface area (Å²) in [5.41, 5.74) is 1.31. The second kappa shape index (κ2) is 9.77. The number of hydrogen-bond donors (Lipinski definition) is 3. The van der Waals surface area contributed by atoms with Crippen LogP contribution in [-0.2, 0) is 9.59 Å². The van der Waals surface area contributed by atoms with Crippen LogP contribution in [-0.4, -0.2) is 61.5 Å². The third-order valence-corrected chi connectivity index (χ3v) is 7.21. The zero-order valence-electron chi connectivity index (χ0n) is 19.0. The minimum absolute atomic E-state index is 0.0422. The first-order chi connectivity index (χ1) is 16.9. The van der Waals surface area contributed by atoms with Gasteiger partial charge in [-0.1, -0.05) is 11.6 Å². The highest BCUT2D eigenvalue weighted by Gasteiger charge is 2.37. The molecule has 1 aliphatic heterocycles. The van der Waals surface area contributed by atoms with Crippen molar-refractivity contribution >= 4 is 40.3 Å². The first-order valence-electron chi connectivity index (χ1n) is 11.8. The maximum atomic E-state index is 14.5. The van der Waals surface area contributed by atoms with Crippen LogP contribution in [0.15, 0.2) is 24.7 Å². The van der Waals surface area contributed by atoms with E-state index in [2.05, 4.69) is 25.3 Å². The van der Waals surface area contributed by atoms with E-state index in [-0.39, 0.29) is 23.6 Å². The van der Waals surface area contributed by atoms with Crippen molar-refractivity contribution in [2.45, 2.75) is 32.1 Å². The summed E-state index contributed by atoms with van der Waals surface area (Å²) in [6.45, 7) is 1.69. The fourth-order valence-electron chi connectivity index (χ4n) is 5.14. The molecule has 1 aliphatic carbocycles. The second-order valence-electron chi connectivity index (χ2n) is 9.36. The number of rotatable bonds is 6. The Labute approximate surface area is 206 Å². The van der Waals surface area contributed by atoms with Gasteiger partial charge in [-0.05, 0) is 44.1 Å². The lowest BCUT2D eigenvalue weighted by molar-refractivity contribution is -0.142. The number of likely N-dealkylation sites (tertiary alicyclic amines) is 1. The number of aromatic nitrogens is 4. The van der Waals surface area contributed by atoms with E-state index in [1.165, 1.54) is 6.20 Å². The lowest BCUT2D eigenvalue weighted by atomic mass is 9.95. The summed E-state index contributed by atoms with van der Waals surface area (Å²) in [7, 11) is 0. The molecule has 0 radical (unpaired) electrons. The summed E-state index contributed by atoms with van der Waals surface area (Å²) in [5.74, 6) is -1.40. The SMILES string of the molecule is O=C(O)[C@H]1CC[C@@H](C(=O)N2CCC[C@@H](CNc3nc(-c4c[nH]c5ncc(Cl)cc45)ncc3F)C2)C1. The zero-order valence-corrected chi connectivity index (χ0v) is 19.8. The summed E-state index contributed by atoms with van der Waals surface area (Å²) in [4.78, 5) is 41.9. The van der Waals surface area contributed by atoms with Crippen LogP contribution in [0.25, 0.3) is 22.4 Å². The van der Waals surface area contributed by atoms with Gasteiger partial charge < -0.3 is 20.3 Å². The second-order valence-corrected chi connectivity index (χ2v) is 9.80. The van der Waals surface area contributed by atoms with Crippen molar-refractivity contribution in [3.05, 3.63) is 35.5 Å². The number of amides is 1. The third kappa shape index (κ3) is 4.93. The number of nitrogens with zero attached hydrogens (tertiary/aromatic N) is 4. The normalized spacial score (nSPS) is 22.5. The van der Waals surface area contributed by atoms with E-state index in [0.29, 0.717) is 61.0 Å². The van der Waals surface area contributed by atoms with Crippen LogP contribution in [0.2, 0.25) is 5.02 Å². The molecule has 1 saturated heterocycles. The largest absolute Gasteiger partial charge is 0.481 e. The van der Waals surface area contributed by atoms with Crippen molar-refractivity contribution in [3.8, 4) is 11.4 Å². The topological polar surface area (TPSA) is 124 Å². The number of pyridine rings is 1. The van der Waals surface area contributed by atoms with E-state index < -0.39 is 17.7 Å². The summed E-state index contributed by atoms with van der Waals surface area (Å²) in [5, 5.41) is 13.5. The lowest BCUT2D eigenvalue weighted by Gasteiger charge is -2.34. The molecule has 9 nitrogen and oxygen atoms in total. The Morgan fingerprint density at radius 3 is 2.86 bits per heavy atom. The van der Waals surface area contributed by atoms with Gasteiger partial charge in [0, 0.05) is 48.9 Å². The predicted octanol–water partition coefficient (Wildman–Crippen LogP) is 3.96. The molecule has 2 fully saturated rings. The van der Waals surface area contributed by atoms with Gasteiger partial charge in [-0.3, -0.25) is 9.59 Å². The Bertz CT molecular complexity index is 1270. The smallest absolute Gasteiger partial charge is 0.306 e. The Kier molecular flexibility index (Phi) is 6.55. The van der Waals surface area contributed by atoms with Gasteiger partial charge in [0.15, 0.2) is 17.5 Å². The summed E-state index contributed by atoms with van der Waals surface area (Å²) in [6, 6.07) is 1.76. The average Bonchev–Trinajstić information content (AvgIpc) is 3.51. The van der Waals surface area contributed by atoms with Crippen molar-refractivity contribution < 1.29 is 19.1 Å². The minimum Gasteiger partial charge on any atom is -0.481 e. The van der Waals surface area contributed by atoms with E-state index >= 15 is 0 Å². The van der Waals surface area contributed by atoms with Gasteiger partial charge in [0.25, 0.3) is 0 Å². The molecule has 184 valence electrons. The van der Waals surface area contributed by atoms with Crippen LogP contribution in [0.3, 0.4) is 0 Å². The number of carbonyl (C=O) groups is 2. The van der Waals surface area contributed by atoms with Gasteiger partial charge in [0.1, 0.15) is 5.65 Å². The highest BCUT2D eigenvalue weighted by molar-refractivity contribution is 6.31. The molecule has 0 unspecified atom stereocenters. The first-order valence-corrected chi connectivity index (χ1v) is 12.2. The molecule has 3 aromatic rings. The number of fused-ring (bicyclic) bond motifs is 1. The molecule has 2 aliphatic rings. The molecule has 35 heavy (non-hydrogen) atoms. The fourth-order valence-corrected chi connectivity index (χ4v) is 5.30. The van der Waals surface area contributed by atoms with Crippen molar-refractivity contribution in [2.75, 3.05) is 25.0 Å². The molecular weight excluding hydrogens is 475 g/mol. The fraction of sp³-hybridized carbons (Fsp3) is 0.458. The quantitative estimate of drug-likeness (QED) is 0.468. The van der Waals surface area contributed by atoms with Crippen LogP contribution in [0.4, 0.5) is 10.2 Å². The number of carboxylic acid groups (broad SMARTS) is 1. The Morgan fingerprint density at radius 1 is 1.23 bits per heavy atom. The molecule has 3 atom stereocenters. The number of aromatic amines is 1. The van der Waals surface area contributed by atoms with Crippen molar-refractivity contribution in [1.29, 1.82) is 0 Å². The number of H-pyrrole nitrogens is 1. The van der Waals surface area contributed by atoms with Gasteiger partial charge in [-0.25, -0.2) is 19.3 Å². The number of halogens is 2. The summed E-state index contributed by atoms with van der Waals surface area (Å²) in [6.07, 6.45) is 7.75. The highest BCUT2D eigenvalue weighted by Crippen LogP contribution is 2.33. The highest BCUT2D eigenvalue weighted by atomic mass is 35.5.